The molecule has 0 radical (unpaired) electrons. The Morgan fingerprint density at radius 2 is 1.72 bits per heavy atom. The smallest absolute Gasteiger partial charge is 0.0637 e. The first kappa shape index (κ1) is 15.2. The highest BCUT2D eigenvalue weighted by Gasteiger charge is 2.20. The number of methoxy groups -OCH3 is 1. The van der Waals surface area contributed by atoms with Crippen LogP contribution in [0.4, 0.5) is 0 Å². The minimum atomic E-state index is -0.142. The van der Waals surface area contributed by atoms with Crippen molar-refractivity contribution in [2.24, 2.45) is 5.73 Å². The quantitative estimate of drug-likeness (QED) is 0.837. The maximum atomic E-state index is 6.19. The zero-order chi connectivity index (χ0) is 13.8. The molecule has 0 amide bonds. The molecule has 0 saturated heterocycles. The third kappa shape index (κ3) is 4.79. The summed E-state index contributed by atoms with van der Waals surface area (Å²) in [5.41, 5.74) is 8.73. The fourth-order valence-electron chi connectivity index (χ4n) is 2.13. The molecule has 18 heavy (non-hydrogen) atoms. The molecular weight excluding hydrogens is 222 g/mol. The third-order valence-corrected chi connectivity index (χ3v) is 3.45. The van der Waals surface area contributed by atoms with E-state index in [1.54, 1.807) is 7.11 Å². The summed E-state index contributed by atoms with van der Waals surface area (Å²) in [7, 11) is 1.74. The summed E-state index contributed by atoms with van der Waals surface area (Å²) < 4.78 is 5.42. The van der Waals surface area contributed by atoms with Gasteiger partial charge in [-0.15, -0.1) is 0 Å². The van der Waals surface area contributed by atoms with Crippen molar-refractivity contribution in [3.8, 4) is 0 Å². The lowest BCUT2D eigenvalue weighted by atomic mass is 9.93. The monoisotopic (exact) mass is 249 g/mol. The lowest BCUT2D eigenvalue weighted by molar-refractivity contribution is 0.0102. The second-order valence-electron chi connectivity index (χ2n) is 6.03. The van der Waals surface area contributed by atoms with Crippen LogP contribution in [0.15, 0.2) is 24.3 Å². The van der Waals surface area contributed by atoms with Crippen molar-refractivity contribution in [2.45, 2.75) is 58.1 Å². The molecule has 0 aliphatic heterocycles. The summed E-state index contributed by atoms with van der Waals surface area (Å²) in [5.74, 6) is 0.583. The van der Waals surface area contributed by atoms with E-state index >= 15 is 0 Å². The van der Waals surface area contributed by atoms with E-state index in [0.717, 1.165) is 12.8 Å². The van der Waals surface area contributed by atoms with Gasteiger partial charge in [-0.05, 0) is 43.7 Å². The van der Waals surface area contributed by atoms with Crippen LogP contribution in [0.2, 0.25) is 0 Å². The molecule has 2 heteroatoms. The number of rotatable bonds is 6. The highest BCUT2D eigenvalue weighted by molar-refractivity contribution is 5.25. The van der Waals surface area contributed by atoms with Gasteiger partial charge >= 0.3 is 0 Å². The first-order valence-corrected chi connectivity index (χ1v) is 6.73. The summed E-state index contributed by atoms with van der Waals surface area (Å²) in [6.07, 6.45) is 1.78. The highest BCUT2D eigenvalue weighted by Crippen LogP contribution is 2.19. The Hall–Kier alpha value is -0.860. The maximum Gasteiger partial charge on any atom is 0.0637 e. The summed E-state index contributed by atoms with van der Waals surface area (Å²) in [4.78, 5) is 0. The molecule has 0 heterocycles. The van der Waals surface area contributed by atoms with Gasteiger partial charge in [-0.25, -0.2) is 0 Å². The maximum absolute atomic E-state index is 6.19. The lowest BCUT2D eigenvalue weighted by Gasteiger charge is -2.26. The van der Waals surface area contributed by atoms with Crippen molar-refractivity contribution < 1.29 is 4.74 Å². The standard InChI is InChI=1S/C16H27NO/c1-12(2)14-8-6-13(7-9-14)10-15(17)11-16(3,4)18-5/h6-9,12,15H,10-11,17H2,1-5H3. The number of nitrogens with two attached hydrogens (primary N) is 1. The summed E-state index contributed by atoms with van der Waals surface area (Å²) in [6.45, 7) is 8.58. The molecule has 0 bridgehead atoms. The van der Waals surface area contributed by atoms with Crippen LogP contribution in [0.25, 0.3) is 0 Å². The first-order chi connectivity index (χ1) is 8.34. The summed E-state index contributed by atoms with van der Waals surface area (Å²) in [5, 5.41) is 0. The predicted octanol–water partition coefficient (Wildman–Crippen LogP) is 3.49. The Morgan fingerprint density at radius 1 is 1.17 bits per heavy atom. The van der Waals surface area contributed by atoms with Gasteiger partial charge in [0.05, 0.1) is 5.60 Å². The molecule has 0 saturated carbocycles. The number of hydrogen-bond donors (Lipinski definition) is 1. The van der Waals surface area contributed by atoms with Gasteiger partial charge in [0.15, 0.2) is 0 Å². The molecule has 2 nitrogen and oxygen atoms in total. The zero-order valence-electron chi connectivity index (χ0n) is 12.4. The highest BCUT2D eigenvalue weighted by atomic mass is 16.5. The van der Waals surface area contributed by atoms with Gasteiger partial charge in [-0.3, -0.25) is 0 Å². The van der Waals surface area contributed by atoms with E-state index < -0.39 is 0 Å². The number of ether oxygens (including phenoxy) is 1. The average molecular weight is 249 g/mol. The van der Waals surface area contributed by atoms with E-state index in [1.807, 2.05) is 0 Å². The molecule has 0 aliphatic carbocycles. The molecule has 1 atom stereocenters. The minimum Gasteiger partial charge on any atom is -0.379 e. The van der Waals surface area contributed by atoms with Crippen LogP contribution in [-0.2, 0) is 11.2 Å². The van der Waals surface area contributed by atoms with Crippen molar-refractivity contribution in [1.82, 2.24) is 0 Å². The van der Waals surface area contributed by atoms with Gasteiger partial charge in [0.1, 0.15) is 0 Å². The molecule has 102 valence electrons. The molecule has 1 unspecified atom stereocenters. The topological polar surface area (TPSA) is 35.2 Å². The van der Waals surface area contributed by atoms with E-state index in [4.69, 9.17) is 10.5 Å². The molecule has 1 aromatic rings. The van der Waals surface area contributed by atoms with Crippen molar-refractivity contribution in [3.05, 3.63) is 35.4 Å². The first-order valence-electron chi connectivity index (χ1n) is 6.73. The number of benzene rings is 1. The van der Waals surface area contributed by atoms with Crippen LogP contribution in [0.1, 0.15) is 51.2 Å². The van der Waals surface area contributed by atoms with E-state index in [-0.39, 0.29) is 11.6 Å². The second kappa shape index (κ2) is 6.35. The van der Waals surface area contributed by atoms with Crippen LogP contribution < -0.4 is 5.73 Å². The lowest BCUT2D eigenvalue weighted by Crippen LogP contribution is -2.35. The molecular formula is C16H27NO. The zero-order valence-corrected chi connectivity index (χ0v) is 12.4. The van der Waals surface area contributed by atoms with Crippen molar-refractivity contribution in [1.29, 1.82) is 0 Å². The fourth-order valence-corrected chi connectivity index (χ4v) is 2.13. The Bertz CT molecular complexity index is 354. The minimum absolute atomic E-state index is 0.142. The van der Waals surface area contributed by atoms with Crippen molar-refractivity contribution in [2.75, 3.05) is 7.11 Å². The van der Waals surface area contributed by atoms with E-state index in [9.17, 15) is 0 Å². The SMILES string of the molecule is COC(C)(C)CC(N)Cc1ccc(C(C)C)cc1. The van der Waals surface area contributed by atoms with Gasteiger partial charge in [-0.1, -0.05) is 38.1 Å². The van der Waals surface area contributed by atoms with Crippen LogP contribution in [0.5, 0.6) is 0 Å². The molecule has 1 rings (SSSR count). The van der Waals surface area contributed by atoms with Crippen molar-refractivity contribution in [3.63, 3.8) is 0 Å². The summed E-state index contributed by atoms with van der Waals surface area (Å²) in [6, 6.07) is 8.93. The van der Waals surface area contributed by atoms with Crippen LogP contribution in [0, 0.1) is 0 Å². The molecule has 0 aromatic heterocycles. The van der Waals surface area contributed by atoms with Crippen LogP contribution in [0.3, 0.4) is 0 Å². The molecule has 0 fully saturated rings. The van der Waals surface area contributed by atoms with Gasteiger partial charge in [-0.2, -0.15) is 0 Å². The largest absolute Gasteiger partial charge is 0.379 e. The molecule has 0 aliphatic rings. The van der Waals surface area contributed by atoms with E-state index in [2.05, 4.69) is 52.0 Å². The van der Waals surface area contributed by atoms with Gasteiger partial charge in [0.25, 0.3) is 0 Å². The molecule has 1 aromatic carbocycles. The second-order valence-corrected chi connectivity index (χ2v) is 6.03. The van der Waals surface area contributed by atoms with Crippen LogP contribution >= 0.6 is 0 Å². The Labute approximate surface area is 112 Å². The van der Waals surface area contributed by atoms with Gasteiger partial charge < -0.3 is 10.5 Å². The van der Waals surface area contributed by atoms with E-state index in [1.165, 1.54) is 11.1 Å². The Balaban J connectivity index is 2.57. The Kier molecular flexibility index (Phi) is 5.36. The average Bonchev–Trinajstić information content (AvgIpc) is 2.29. The van der Waals surface area contributed by atoms with E-state index in [0.29, 0.717) is 5.92 Å². The third-order valence-electron chi connectivity index (χ3n) is 3.45. The van der Waals surface area contributed by atoms with Gasteiger partial charge in [0.2, 0.25) is 0 Å². The fraction of sp³-hybridized carbons (Fsp3) is 0.625. The van der Waals surface area contributed by atoms with Gasteiger partial charge in [0, 0.05) is 13.2 Å². The number of hydrogen-bond acceptors (Lipinski definition) is 2. The molecule has 0 spiro atoms. The summed E-state index contributed by atoms with van der Waals surface area (Å²) >= 11 is 0. The van der Waals surface area contributed by atoms with Crippen molar-refractivity contribution >= 4 is 0 Å². The normalized spacial score (nSPS) is 13.9. The van der Waals surface area contributed by atoms with Crippen LogP contribution in [-0.4, -0.2) is 18.8 Å². The predicted molar refractivity (Wildman–Crippen MR) is 77.9 cm³/mol. The molecule has 2 N–H and O–H groups in total. The Morgan fingerprint density at radius 3 is 2.17 bits per heavy atom.